The van der Waals surface area contributed by atoms with Crippen molar-refractivity contribution >= 4 is 27.6 Å². The highest BCUT2D eigenvalue weighted by molar-refractivity contribution is 9.10. The predicted molar refractivity (Wildman–Crippen MR) is 80.6 cm³/mol. The monoisotopic (exact) mass is 353 g/mol. The minimum absolute atomic E-state index is 0.00692. The second-order valence-electron chi connectivity index (χ2n) is 4.27. The zero-order valence-electron chi connectivity index (χ0n) is 11.2. The molecule has 0 aromatic heterocycles. The summed E-state index contributed by atoms with van der Waals surface area (Å²) in [7, 11) is 1.27. The molecule has 4 nitrogen and oxygen atoms in total. The van der Waals surface area contributed by atoms with Gasteiger partial charge in [-0.15, -0.1) is 0 Å². The van der Waals surface area contributed by atoms with Gasteiger partial charge in [-0.05, 0) is 30.3 Å². The zero-order chi connectivity index (χ0) is 15.4. The van der Waals surface area contributed by atoms with Crippen molar-refractivity contribution in [3.63, 3.8) is 0 Å². The summed E-state index contributed by atoms with van der Waals surface area (Å²) in [6.45, 7) is -0.00692. The molecule has 110 valence electrons. The van der Waals surface area contributed by atoms with Crippen LogP contribution in [0.1, 0.15) is 15.9 Å². The smallest absolute Gasteiger partial charge is 0.341 e. The molecule has 0 saturated heterocycles. The van der Waals surface area contributed by atoms with Crippen LogP contribution >= 0.6 is 15.9 Å². The number of methoxy groups -OCH3 is 1. The predicted octanol–water partition coefficient (Wildman–Crippen LogP) is 3.54. The van der Waals surface area contributed by atoms with Crippen molar-refractivity contribution in [2.75, 3.05) is 12.8 Å². The summed E-state index contributed by atoms with van der Waals surface area (Å²) in [6, 6.07) is 9.28. The molecule has 0 heterocycles. The van der Waals surface area contributed by atoms with Gasteiger partial charge in [0.1, 0.15) is 23.7 Å². The maximum atomic E-state index is 13.7. The molecular formula is C15H13BrFNO3. The van der Waals surface area contributed by atoms with E-state index < -0.39 is 5.97 Å². The molecule has 0 aliphatic carbocycles. The van der Waals surface area contributed by atoms with Crippen LogP contribution in [0.4, 0.5) is 10.1 Å². The fourth-order valence-corrected chi connectivity index (χ4v) is 2.07. The number of hydrogen-bond donors (Lipinski definition) is 1. The summed E-state index contributed by atoms with van der Waals surface area (Å²) in [5.74, 6) is -0.661. The molecule has 2 aromatic rings. The molecule has 0 radical (unpaired) electrons. The molecule has 6 heteroatoms. The molecule has 0 unspecified atom stereocenters. The van der Waals surface area contributed by atoms with Gasteiger partial charge in [-0.2, -0.15) is 0 Å². The van der Waals surface area contributed by atoms with E-state index in [1.165, 1.54) is 19.2 Å². The molecule has 2 N–H and O–H groups in total. The zero-order valence-corrected chi connectivity index (χ0v) is 12.8. The van der Waals surface area contributed by atoms with Crippen LogP contribution in [0, 0.1) is 5.82 Å². The highest BCUT2D eigenvalue weighted by atomic mass is 79.9. The quantitative estimate of drug-likeness (QED) is 0.674. The topological polar surface area (TPSA) is 61.5 Å². The van der Waals surface area contributed by atoms with Gasteiger partial charge in [0.05, 0.1) is 7.11 Å². The van der Waals surface area contributed by atoms with Crippen molar-refractivity contribution in [1.29, 1.82) is 0 Å². The molecule has 0 aliphatic heterocycles. The lowest BCUT2D eigenvalue weighted by Gasteiger charge is -2.11. The van der Waals surface area contributed by atoms with Crippen LogP contribution in [0.5, 0.6) is 5.75 Å². The molecule has 0 spiro atoms. The van der Waals surface area contributed by atoms with Crippen LogP contribution in [0.3, 0.4) is 0 Å². The Labute approximate surface area is 129 Å². The average Bonchev–Trinajstić information content (AvgIpc) is 2.46. The Kier molecular flexibility index (Phi) is 4.80. The van der Waals surface area contributed by atoms with Crippen molar-refractivity contribution < 1.29 is 18.7 Å². The Balaban J connectivity index is 2.21. The van der Waals surface area contributed by atoms with E-state index in [2.05, 4.69) is 20.7 Å². The van der Waals surface area contributed by atoms with Gasteiger partial charge >= 0.3 is 5.97 Å². The maximum absolute atomic E-state index is 13.7. The molecule has 0 bridgehead atoms. The van der Waals surface area contributed by atoms with Crippen molar-refractivity contribution in [2.24, 2.45) is 0 Å². The number of carbonyl (C=O) groups is 1. The van der Waals surface area contributed by atoms with Crippen LogP contribution in [-0.4, -0.2) is 13.1 Å². The highest BCUT2D eigenvalue weighted by Crippen LogP contribution is 2.24. The summed E-state index contributed by atoms with van der Waals surface area (Å²) in [5.41, 5.74) is 6.64. The largest absolute Gasteiger partial charge is 0.488 e. The number of esters is 1. The number of halogens is 2. The van der Waals surface area contributed by atoms with Gasteiger partial charge in [0.2, 0.25) is 0 Å². The molecule has 0 amide bonds. The summed E-state index contributed by atoms with van der Waals surface area (Å²) < 4.78 is 24.5. The highest BCUT2D eigenvalue weighted by Gasteiger charge is 2.14. The first-order valence-corrected chi connectivity index (χ1v) is 6.85. The van der Waals surface area contributed by atoms with Crippen LogP contribution in [0.25, 0.3) is 0 Å². The minimum Gasteiger partial charge on any atom is -0.488 e. The maximum Gasteiger partial charge on any atom is 0.341 e. The van der Waals surface area contributed by atoms with Gasteiger partial charge in [-0.3, -0.25) is 0 Å². The lowest BCUT2D eigenvalue weighted by atomic mass is 10.1. The number of nitrogen functional groups attached to an aromatic ring is 1. The molecule has 0 aliphatic rings. The first-order chi connectivity index (χ1) is 10.0. The third kappa shape index (κ3) is 3.72. The molecule has 2 aromatic carbocycles. The molecule has 0 atom stereocenters. The Morgan fingerprint density at radius 2 is 2.05 bits per heavy atom. The van der Waals surface area contributed by atoms with Crippen LogP contribution < -0.4 is 10.5 Å². The fraction of sp³-hybridized carbons (Fsp3) is 0.133. The Morgan fingerprint density at radius 1 is 1.29 bits per heavy atom. The van der Waals surface area contributed by atoms with E-state index in [4.69, 9.17) is 10.5 Å². The molecular weight excluding hydrogens is 341 g/mol. The molecule has 0 fully saturated rings. The van der Waals surface area contributed by atoms with E-state index in [1.807, 2.05) is 0 Å². The van der Waals surface area contributed by atoms with Gasteiger partial charge < -0.3 is 15.2 Å². The number of nitrogens with two attached hydrogens (primary N) is 1. The summed E-state index contributed by atoms with van der Waals surface area (Å²) in [4.78, 5) is 11.7. The van der Waals surface area contributed by atoms with Gasteiger partial charge in [0.15, 0.2) is 0 Å². The van der Waals surface area contributed by atoms with E-state index >= 15 is 0 Å². The third-order valence-electron chi connectivity index (χ3n) is 2.81. The van der Waals surface area contributed by atoms with Crippen molar-refractivity contribution in [2.45, 2.75) is 6.61 Å². The fourth-order valence-electron chi connectivity index (χ4n) is 1.74. The number of rotatable bonds is 4. The van der Waals surface area contributed by atoms with E-state index in [0.717, 1.165) is 0 Å². The SMILES string of the molecule is COC(=O)c1cc(N)ccc1OCc1ccc(Br)cc1F. The first-order valence-electron chi connectivity index (χ1n) is 6.06. The second kappa shape index (κ2) is 6.58. The summed E-state index contributed by atoms with van der Waals surface area (Å²) in [6.07, 6.45) is 0. The van der Waals surface area contributed by atoms with Gasteiger partial charge in [-0.25, -0.2) is 9.18 Å². The number of benzene rings is 2. The summed E-state index contributed by atoms with van der Waals surface area (Å²) >= 11 is 3.18. The Hall–Kier alpha value is -2.08. The second-order valence-corrected chi connectivity index (χ2v) is 5.19. The standard InChI is InChI=1S/C15H13BrFNO3/c1-20-15(19)12-7-11(18)4-5-14(12)21-8-9-2-3-10(16)6-13(9)17/h2-7H,8,18H2,1H3. The van der Waals surface area contributed by atoms with Crippen molar-refractivity contribution in [3.8, 4) is 5.75 Å². The first kappa shape index (κ1) is 15.3. The number of carbonyl (C=O) groups excluding carboxylic acids is 1. The minimum atomic E-state index is -0.562. The number of ether oxygens (including phenoxy) is 2. The molecule has 0 saturated carbocycles. The van der Waals surface area contributed by atoms with Crippen LogP contribution in [-0.2, 0) is 11.3 Å². The summed E-state index contributed by atoms with van der Waals surface area (Å²) in [5, 5.41) is 0. The van der Waals surface area contributed by atoms with Crippen molar-refractivity contribution in [1.82, 2.24) is 0 Å². The Bertz CT molecular complexity index is 676. The normalized spacial score (nSPS) is 10.2. The van der Waals surface area contributed by atoms with E-state index in [1.54, 1.807) is 24.3 Å². The lowest BCUT2D eigenvalue weighted by Crippen LogP contribution is -2.07. The van der Waals surface area contributed by atoms with Crippen molar-refractivity contribution in [3.05, 3.63) is 57.8 Å². The Morgan fingerprint density at radius 3 is 2.71 bits per heavy atom. The van der Waals surface area contributed by atoms with E-state index in [9.17, 15) is 9.18 Å². The average molecular weight is 354 g/mol. The third-order valence-corrected chi connectivity index (χ3v) is 3.30. The van der Waals surface area contributed by atoms with Crippen LogP contribution in [0.2, 0.25) is 0 Å². The number of anilines is 1. The lowest BCUT2D eigenvalue weighted by molar-refractivity contribution is 0.0595. The molecule has 2 rings (SSSR count). The van der Waals surface area contributed by atoms with E-state index in [-0.39, 0.29) is 18.0 Å². The van der Waals surface area contributed by atoms with Gasteiger partial charge in [0, 0.05) is 15.7 Å². The van der Waals surface area contributed by atoms with Crippen LogP contribution in [0.15, 0.2) is 40.9 Å². The van der Waals surface area contributed by atoms with E-state index in [0.29, 0.717) is 21.5 Å². The van der Waals surface area contributed by atoms with Gasteiger partial charge in [0.25, 0.3) is 0 Å². The number of hydrogen-bond acceptors (Lipinski definition) is 4. The molecule has 21 heavy (non-hydrogen) atoms. The van der Waals surface area contributed by atoms with Gasteiger partial charge in [-0.1, -0.05) is 22.0 Å².